The zero-order valence-corrected chi connectivity index (χ0v) is 10.3. The fourth-order valence-corrected chi connectivity index (χ4v) is 2.30. The topological polar surface area (TPSA) is 40.5 Å². The lowest BCUT2D eigenvalue weighted by molar-refractivity contribution is 0.370. The summed E-state index contributed by atoms with van der Waals surface area (Å²) in [5.41, 5.74) is 0. The highest BCUT2D eigenvalue weighted by Crippen LogP contribution is 2.43. The fourth-order valence-electron chi connectivity index (χ4n) is 2.30. The van der Waals surface area contributed by atoms with Crippen molar-refractivity contribution in [3.63, 3.8) is 0 Å². The van der Waals surface area contributed by atoms with E-state index < -0.39 is 67.9 Å². The van der Waals surface area contributed by atoms with E-state index >= 15 is 0 Å². The van der Waals surface area contributed by atoms with E-state index in [1.165, 1.54) is 0 Å². The van der Waals surface area contributed by atoms with Crippen LogP contribution in [0.5, 0.6) is 11.5 Å². The molecular formula is C14H4F6O2. The van der Waals surface area contributed by atoms with E-state index in [0.717, 1.165) is 12.1 Å². The maximum absolute atomic E-state index is 14.0. The summed E-state index contributed by atoms with van der Waals surface area (Å²) in [7, 11) is 0. The normalized spacial score (nSPS) is 11.5. The summed E-state index contributed by atoms with van der Waals surface area (Å²) in [6.45, 7) is 0. The van der Waals surface area contributed by atoms with Gasteiger partial charge in [-0.3, -0.25) is 0 Å². The standard InChI is InChI=1S/C14H4F6O2/c15-7-3-1-2-4-6(5(3)8(16)11(19)10(7)18)9(17)12(20)14(22)13(4)21/h1-2,21-22H. The van der Waals surface area contributed by atoms with Crippen LogP contribution in [0.4, 0.5) is 26.3 Å². The van der Waals surface area contributed by atoms with E-state index in [-0.39, 0.29) is 0 Å². The van der Waals surface area contributed by atoms with Crippen molar-refractivity contribution < 1.29 is 36.6 Å². The number of fused-ring (bicyclic) bond motifs is 3. The highest BCUT2D eigenvalue weighted by molar-refractivity contribution is 6.11. The molecule has 0 heterocycles. The summed E-state index contributed by atoms with van der Waals surface area (Å²) in [4.78, 5) is 0. The van der Waals surface area contributed by atoms with Crippen molar-refractivity contribution >= 4 is 21.5 Å². The van der Waals surface area contributed by atoms with E-state index in [2.05, 4.69) is 0 Å². The first-order valence-electron chi connectivity index (χ1n) is 5.74. The molecule has 0 saturated heterocycles. The Bertz CT molecular complexity index is 889. The van der Waals surface area contributed by atoms with E-state index in [9.17, 15) is 36.6 Å². The third kappa shape index (κ3) is 1.57. The monoisotopic (exact) mass is 318 g/mol. The molecule has 3 aromatic carbocycles. The van der Waals surface area contributed by atoms with Crippen molar-refractivity contribution in [1.29, 1.82) is 0 Å². The van der Waals surface area contributed by atoms with Gasteiger partial charge in [0, 0.05) is 21.5 Å². The molecule has 0 aliphatic heterocycles. The molecule has 0 spiro atoms. The lowest BCUT2D eigenvalue weighted by atomic mass is 9.99. The fraction of sp³-hybridized carbons (Fsp3) is 0. The second kappa shape index (κ2) is 4.43. The van der Waals surface area contributed by atoms with Gasteiger partial charge in [-0.1, -0.05) is 6.07 Å². The summed E-state index contributed by atoms with van der Waals surface area (Å²) in [5.74, 6) is -14.4. The second-order valence-corrected chi connectivity index (χ2v) is 4.49. The lowest BCUT2D eigenvalue weighted by Crippen LogP contribution is -2.00. The second-order valence-electron chi connectivity index (χ2n) is 4.49. The summed E-state index contributed by atoms with van der Waals surface area (Å²) >= 11 is 0. The number of hydrogen-bond acceptors (Lipinski definition) is 2. The van der Waals surface area contributed by atoms with Crippen LogP contribution < -0.4 is 0 Å². The third-order valence-corrected chi connectivity index (χ3v) is 3.34. The van der Waals surface area contributed by atoms with E-state index in [1.807, 2.05) is 0 Å². The molecule has 0 unspecified atom stereocenters. The number of rotatable bonds is 0. The van der Waals surface area contributed by atoms with Gasteiger partial charge in [0.2, 0.25) is 5.82 Å². The molecule has 0 saturated carbocycles. The Labute approximate surface area is 117 Å². The van der Waals surface area contributed by atoms with Crippen LogP contribution in [0.2, 0.25) is 0 Å². The molecule has 0 fully saturated rings. The smallest absolute Gasteiger partial charge is 0.204 e. The van der Waals surface area contributed by atoms with Crippen molar-refractivity contribution in [2.75, 3.05) is 0 Å². The predicted octanol–water partition coefficient (Wildman–Crippen LogP) is 4.24. The SMILES string of the molecule is Oc1c(F)c(F)c2c(ccc3c(F)c(F)c(F)c(F)c32)c1O. The Morgan fingerprint density at radius 3 is 1.59 bits per heavy atom. The van der Waals surface area contributed by atoms with Crippen LogP contribution >= 0.6 is 0 Å². The number of halogens is 6. The first-order chi connectivity index (χ1) is 10.3. The predicted molar refractivity (Wildman–Crippen MR) is 64.5 cm³/mol. The van der Waals surface area contributed by atoms with Gasteiger partial charge in [-0.05, 0) is 6.07 Å². The summed E-state index contributed by atoms with van der Waals surface area (Å²) in [6, 6.07) is 1.56. The lowest BCUT2D eigenvalue weighted by Gasteiger charge is -2.11. The molecule has 8 heteroatoms. The Morgan fingerprint density at radius 2 is 0.955 bits per heavy atom. The molecule has 0 radical (unpaired) electrons. The molecule has 0 aliphatic rings. The van der Waals surface area contributed by atoms with E-state index in [4.69, 9.17) is 0 Å². The third-order valence-electron chi connectivity index (χ3n) is 3.34. The van der Waals surface area contributed by atoms with Crippen LogP contribution in [0.25, 0.3) is 21.5 Å². The van der Waals surface area contributed by atoms with Crippen LogP contribution in [0.15, 0.2) is 12.1 Å². The molecule has 22 heavy (non-hydrogen) atoms. The van der Waals surface area contributed by atoms with Crippen molar-refractivity contribution in [2.45, 2.75) is 0 Å². The first kappa shape index (κ1) is 14.3. The van der Waals surface area contributed by atoms with Crippen molar-refractivity contribution in [3.05, 3.63) is 47.0 Å². The Hall–Kier alpha value is -2.64. The van der Waals surface area contributed by atoms with Crippen molar-refractivity contribution in [3.8, 4) is 11.5 Å². The minimum Gasteiger partial charge on any atom is -0.504 e. The highest BCUT2D eigenvalue weighted by Gasteiger charge is 2.27. The Kier molecular flexibility index (Phi) is 2.88. The highest BCUT2D eigenvalue weighted by atomic mass is 19.2. The molecule has 0 bridgehead atoms. The van der Waals surface area contributed by atoms with Gasteiger partial charge in [0.25, 0.3) is 0 Å². The van der Waals surface area contributed by atoms with Crippen molar-refractivity contribution in [2.24, 2.45) is 0 Å². The summed E-state index contributed by atoms with van der Waals surface area (Å²) in [5, 5.41) is 15.3. The van der Waals surface area contributed by atoms with Gasteiger partial charge in [0.15, 0.2) is 40.6 Å². The molecular weight excluding hydrogens is 314 g/mol. The molecule has 2 N–H and O–H groups in total. The van der Waals surface area contributed by atoms with Crippen LogP contribution in [0.3, 0.4) is 0 Å². The van der Waals surface area contributed by atoms with Crippen molar-refractivity contribution in [1.82, 2.24) is 0 Å². The molecule has 0 amide bonds. The molecule has 2 nitrogen and oxygen atoms in total. The molecule has 0 atom stereocenters. The maximum atomic E-state index is 14.0. The minimum atomic E-state index is -2.20. The maximum Gasteiger partial charge on any atom is 0.204 e. The van der Waals surface area contributed by atoms with Gasteiger partial charge in [-0.2, -0.15) is 4.39 Å². The molecule has 3 rings (SSSR count). The average Bonchev–Trinajstić information content (AvgIpc) is 2.52. The largest absolute Gasteiger partial charge is 0.504 e. The van der Waals surface area contributed by atoms with Crippen LogP contribution in [-0.4, -0.2) is 10.2 Å². The quantitative estimate of drug-likeness (QED) is 0.214. The van der Waals surface area contributed by atoms with Crippen LogP contribution in [-0.2, 0) is 0 Å². The number of aromatic hydroxyl groups is 2. The first-order valence-corrected chi connectivity index (χ1v) is 5.74. The summed E-state index contributed by atoms with van der Waals surface area (Å²) < 4.78 is 81.6. The van der Waals surface area contributed by atoms with Gasteiger partial charge in [-0.15, -0.1) is 0 Å². The van der Waals surface area contributed by atoms with E-state index in [0.29, 0.717) is 0 Å². The van der Waals surface area contributed by atoms with Crippen LogP contribution in [0.1, 0.15) is 0 Å². The zero-order chi connectivity index (χ0) is 16.3. The molecule has 0 aliphatic carbocycles. The Morgan fingerprint density at radius 1 is 0.500 bits per heavy atom. The average molecular weight is 318 g/mol. The number of benzene rings is 3. The minimum absolute atomic E-state index is 0.590. The van der Waals surface area contributed by atoms with Gasteiger partial charge in [0.1, 0.15) is 0 Å². The van der Waals surface area contributed by atoms with Gasteiger partial charge >= 0.3 is 0 Å². The molecule has 3 aromatic rings. The molecule has 0 aromatic heterocycles. The Balaban J connectivity index is 2.74. The van der Waals surface area contributed by atoms with Gasteiger partial charge in [-0.25, -0.2) is 22.0 Å². The summed E-state index contributed by atoms with van der Waals surface area (Å²) in [6.07, 6.45) is 0. The molecule has 114 valence electrons. The number of phenolic OH excluding ortho intramolecular Hbond substituents is 2. The van der Waals surface area contributed by atoms with Crippen LogP contribution in [0, 0.1) is 34.9 Å². The number of phenols is 2. The van der Waals surface area contributed by atoms with Gasteiger partial charge in [0.05, 0.1) is 0 Å². The number of hydrogen-bond donors (Lipinski definition) is 2. The van der Waals surface area contributed by atoms with Gasteiger partial charge < -0.3 is 10.2 Å². The zero-order valence-electron chi connectivity index (χ0n) is 10.3. The van der Waals surface area contributed by atoms with E-state index in [1.54, 1.807) is 0 Å².